The maximum atomic E-state index is 12.2. The minimum atomic E-state index is 0.278. The molecule has 1 unspecified atom stereocenters. The highest BCUT2D eigenvalue weighted by atomic mass is 79.9. The fourth-order valence-electron chi connectivity index (χ4n) is 2.56. The molecule has 0 radical (unpaired) electrons. The number of amides is 1. The largest absolute Gasteiger partial charge is 0.342 e. The number of nitrogens with zero attached hydrogens (tertiary/aromatic N) is 1. The number of benzene rings is 1. The summed E-state index contributed by atoms with van der Waals surface area (Å²) in [5.74, 6) is 0.957. The van der Waals surface area contributed by atoms with Crippen molar-refractivity contribution in [2.75, 3.05) is 18.4 Å². The average Bonchev–Trinajstić information content (AvgIpc) is 2.40. The van der Waals surface area contributed by atoms with Crippen LogP contribution in [-0.4, -0.2) is 29.2 Å². The van der Waals surface area contributed by atoms with Gasteiger partial charge in [0.2, 0.25) is 5.91 Å². The Morgan fingerprint density at radius 1 is 1.33 bits per heavy atom. The number of halogens is 1. The Balaban J connectivity index is 1.88. The molecule has 1 atom stereocenters. The van der Waals surface area contributed by atoms with Crippen LogP contribution in [-0.2, 0) is 11.2 Å². The third-order valence-electron chi connectivity index (χ3n) is 3.59. The molecule has 1 aromatic carbocycles. The van der Waals surface area contributed by atoms with Gasteiger partial charge < -0.3 is 4.90 Å². The van der Waals surface area contributed by atoms with Crippen molar-refractivity contribution < 1.29 is 4.79 Å². The molecule has 1 heterocycles. The van der Waals surface area contributed by atoms with Crippen LogP contribution in [0.15, 0.2) is 30.3 Å². The van der Waals surface area contributed by atoms with Crippen LogP contribution in [0.1, 0.15) is 24.8 Å². The molecule has 0 aromatic heterocycles. The van der Waals surface area contributed by atoms with E-state index in [9.17, 15) is 4.79 Å². The molecule has 2 rings (SSSR count). The van der Waals surface area contributed by atoms with Gasteiger partial charge in [0.15, 0.2) is 0 Å². The predicted octanol–water partition coefficient (Wildman–Crippen LogP) is 3.25. The number of alkyl halides is 1. The number of carbonyl (C=O) groups excluding carboxylic acids is 1. The summed E-state index contributed by atoms with van der Waals surface area (Å²) >= 11 is 3.49. The zero-order chi connectivity index (χ0) is 12.8. The number of rotatable bonds is 4. The summed E-state index contributed by atoms with van der Waals surface area (Å²) < 4.78 is 0. The second-order valence-electron chi connectivity index (χ2n) is 4.99. The van der Waals surface area contributed by atoms with Crippen LogP contribution in [0, 0.1) is 5.92 Å². The van der Waals surface area contributed by atoms with Gasteiger partial charge in [-0.25, -0.2) is 0 Å². The van der Waals surface area contributed by atoms with E-state index in [2.05, 4.69) is 15.9 Å². The first-order valence-corrected chi connectivity index (χ1v) is 7.79. The Morgan fingerprint density at radius 3 is 2.83 bits per heavy atom. The maximum absolute atomic E-state index is 12.2. The lowest BCUT2D eigenvalue weighted by atomic mass is 9.95. The molecule has 0 N–H and O–H groups in total. The Labute approximate surface area is 117 Å². The lowest BCUT2D eigenvalue weighted by molar-refractivity contribution is -0.132. The van der Waals surface area contributed by atoms with Gasteiger partial charge in [-0.2, -0.15) is 0 Å². The minimum Gasteiger partial charge on any atom is -0.342 e. The maximum Gasteiger partial charge on any atom is 0.226 e. The van der Waals surface area contributed by atoms with Gasteiger partial charge in [0.1, 0.15) is 0 Å². The van der Waals surface area contributed by atoms with Crippen molar-refractivity contribution in [2.24, 2.45) is 5.92 Å². The van der Waals surface area contributed by atoms with E-state index in [1.165, 1.54) is 12.8 Å². The fourth-order valence-corrected chi connectivity index (χ4v) is 3.21. The summed E-state index contributed by atoms with van der Waals surface area (Å²) in [7, 11) is 0. The Hall–Kier alpha value is -0.830. The summed E-state index contributed by atoms with van der Waals surface area (Å²) in [5.41, 5.74) is 1.12. The quantitative estimate of drug-likeness (QED) is 0.782. The highest BCUT2D eigenvalue weighted by Crippen LogP contribution is 2.21. The van der Waals surface area contributed by atoms with Gasteiger partial charge in [-0.15, -0.1) is 0 Å². The molecule has 98 valence electrons. The standard InChI is InChI=1S/C15H20BrNO/c16-9-8-14-7-4-10-17(12-14)15(18)11-13-5-2-1-3-6-13/h1-3,5-6,14H,4,7-12H2. The third-order valence-corrected chi connectivity index (χ3v) is 4.05. The lowest BCUT2D eigenvalue weighted by Crippen LogP contribution is -2.40. The van der Waals surface area contributed by atoms with Gasteiger partial charge in [-0.05, 0) is 30.7 Å². The van der Waals surface area contributed by atoms with E-state index >= 15 is 0 Å². The van der Waals surface area contributed by atoms with Crippen LogP contribution in [0.2, 0.25) is 0 Å². The van der Waals surface area contributed by atoms with Gasteiger partial charge in [-0.1, -0.05) is 46.3 Å². The van der Waals surface area contributed by atoms with Crippen LogP contribution in [0.25, 0.3) is 0 Å². The number of hydrogen-bond acceptors (Lipinski definition) is 1. The van der Waals surface area contributed by atoms with Crippen molar-refractivity contribution in [3.05, 3.63) is 35.9 Å². The van der Waals surface area contributed by atoms with E-state index in [1.54, 1.807) is 0 Å². The Morgan fingerprint density at radius 2 is 2.11 bits per heavy atom. The molecule has 1 aromatic rings. The molecule has 0 bridgehead atoms. The molecule has 1 saturated heterocycles. The van der Waals surface area contributed by atoms with Gasteiger partial charge in [-0.3, -0.25) is 4.79 Å². The first-order chi connectivity index (χ1) is 8.79. The van der Waals surface area contributed by atoms with Crippen molar-refractivity contribution in [3.63, 3.8) is 0 Å². The predicted molar refractivity (Wildman–Crippen MR) is 77.9 cm³/mol. The number of likely N-dealkylation sites (tertiary alicyclic amines) is 1. The van der Waals surface area contributed by atoms with Crippen molar-refractivity contribution in [1.29, 1.82) is 0 Å². The highest BCUT2D eigenvalue weighted by Gasteiger charge is 2.22. The summed E-state index contributed by atoms with van der Waals surface area (Å²) in [6, 6.07) is 10.0. The molecule has 18 heavy (non-hydrogen) atoms. The van der Waals surface area contributed by atoms with Crippen molar-refractivity contribution in [2.45, 2.75) is 25.7 Å². The van der Waals surface area contributed by atoms with E-state index in [0.29, 0.717) is 12.3 Å². The molecule has 3 heteroatoms. The minimum absolute atomic E-state index is 0.278. The summed E-state index contributed by atoms with van der Waals surface area (Å²) in [6.07, 6.45) is 4.13. The van der Waals surface area contributed by atoms with E-state index in [0.717, 1.165) is 30.4 Å². The van der Waals surface area contributed by atoms with Gasteiger partial charge in [0, 0.05) is 18.4 Å². The molecule has 1 fully saturated rings. The lowest BCUT2D eigenvalue weighted by Gasteiger charge is -2.32. The summed E-state index contributed by atoms with van der Waals surface area (Å²) in [6.45, 7) is 1.88. The van der Waals surface area contributed by atoms with Crippen molar-refractivity contribution >= 4 is 21.8 Å². The van der Waals surface area contributed by atoms with E-state index in [-0.39, 0.29) is 5.91 Å². The van der Waals surface area contributed by atoms with Crippen LogP contribution < -0.4 is 0 Å². The zero-order valence-electron chi connectivity index (χ0n) is 10.6. The molecule has 1 amide bonds. The summed E-state index contributed by atoms with van der Waals surface area (Å²) in [4.78, 5) is 14.3. The first-order valence-electron chi connectivity index (χ1n) is 6.67. The van der Waals surface area contributed by atoms with Gasteiger partial charge in [0.25, 0.3) is 0 Å². The fraction of sp³-hybridized carbons (Fsp3) is 0.533. The van der Waals surface area contributed by atoms with E-state index in [4.69, 9.17) is 0 Å². The van der Waals surface area contributed by atoms with Gasteiger partial charge in [0.05, 0.1) is 6.42 Å². The molecule has 2 nitrogen and oxygen atoms in total. The van der Waals surface area contributed by atoms with E-state index in [1.807, 2.05) is 35.2 Å². The van der Waals surface area contributed by atoms with Crippen LogP contribution in [0.4, 0.5) is 0 Å². The Bertz CT molecular complexity index is 377. The number of piperidine rings is 1. The highest BCUT2D eigenvalue weighted by molar-refractivity contribution is 9.09. The Kier molecular flexibility index (Phi) is 5.24. The van der Waals surface area contributed by atoms with Crippen molar-refractivity contribution in [1.82, 2.24) is 4.90 Å². The van der Waals surface area contributed by atoms with Gasteiger partial charge >= 0.3 is 0 Å². The SMILES string of the molecule is O=C(Cc1ccccc1)N1CCCC(CCBr)C1. The number of carbonyl (C=O) groups is 1. The molecule has 1 aliphatic heterocycles. The zero-order valence-corrected chi connectivity index (χ0v) is 12.2. The van der Waals surface area contributed by atoms with E-state index < -0.39 is 0 Å². The molecular formula is C15H20BrNO. The molecule has 0 saturated carbocycles. The first kappa shape index (κ1) is 13.6. The monoisotopic (exact) mass is 309 g/mol. The average molecular weight is 310 g/mol. The second-order valence-corrected chi connectivity index (χ2v) is 5.78. The van der Waals surface area contributed by atoms with Crippen LogP contribution in [0.3, 0.4) is 0 Å². The molecule has 1 aliphatic rings. The van der Waals surface area contributed by atoms with Crippen LogP contribution in [0.5, 0.6) is 0 Å². The molecule has 0 spiro atoms. The summed E-state index contributed by atoms with van der Waals surface area (Å²) in [5, 5.41) is 1.04. The molecule has 0 aliphatic carbocycles. The molecular weight excluding hydrogens is 290 g/mol. The van der Waals surface area contributed by atoms with Crippen molar-refractivity contribution in [3.8, 4) is 0 Å². The van der Waals surface area contributed by atoms with Crippen LogP contribution >= 0.6 is 15.9 Å². The second kappa shape index (κ2) is 6.93. The third kappa shape index (κ3) is 3.84. The topological polar surface area (TPSA) is 20.3 Å². The number of hydrogen-bond donors (Lipinski definition) is 0. The smallest absolute Gasteiger partial charge is 0.226 e. The normalized spacial score (nSPS) is 19.8.